The van der Waals surface area contributed by atoms with Gasteiger partial charge in [-0.25, -0.2) is 0 Å². The lowest BCUT2D eigenvalue weighted by Gasteiger charge is -2.36. The van der Waals surface area contributed by atoms with Crippen LogP contribution in [0.3, 0.4) is 0 Å². The summed E-state index contributed by atoms with van der Waals surface area (Å²) in [5.74, 6) is -0.0358. The molecule has 0 saturated heterocycles. The van der Waals surface area contributed by atoms with Gasteiger partial charge in [0.05, 0.1) is 12.5 Å². The first-order valence-electron chi connectivity index (χ1n) is 7.95. The van der Waals surface area contributed by atoms with Crippen molar-refractivity contribution in [2.45, 2.75) is 38.0 Å². The monoisotopic (exact) mass is 288 g/mol. The smallest absolute Gasteiger partial charge is 0.229 e. The molecule has 0 radical (unpaired) electrons. The predicted octanol–water partition coefficient (Wildman–Crippen LogP) is 2.25. The Morgan fingerprint density at radius 3 is 2.81 bits per heavy atom. The number of aliphatic hydroxyl groups excluding tert-OH is 1. The summed E-state index contributed by atoms with van der Waals surface area (Å²) in [6.45, 7) is 1.44. The maximum atomic E-state index is 12.5. The largest absolute Gasteiger partial charge is 0.396 e. The minimum absolute atomic E-state index is 0.0749. The number of hydrogen-bond donors (Lipinski definition) is 3. The highest BCUT2D eigenvalue weighted by Crippen LogP contribution is 2.36. The molecular weight excluding hydrogens is 264 g/mol. The number of carbonyl (C=O) groups excluding carboxylic acids is 1. The van der Waals surface area contributed by atoms with E-state index in [1.165, 1.54) is 6.42 Å². The Bertz CT molecular complexity index is 509. The van der Waals surface area contributed by atoms with Crippen molar-refractivity contribution in [2.75, 3.05) is 25.0 Å². The lowest BCUT2D eigenvalue weighted by molar-refractivity contribution is -0.123. The standard InChI is InChI=1S/C17H24N2O2/c20-12-17(8-4-1-5-9-17)11-19-16(21)14-10-18-15-7-3-2-6-13(14)15/h2-3,6-7,14,18,20H,1,4-5,8-12H2,(H,19,21). The molecule has 1 saturated carbocycles. The number of amides is 1. The number of aliphatic hydroxyl groups is 1. The molecule has 1 amide bonds. The van der Waals surface area contributed by atoms with E-state index < -0.39 is 0 Å². The summed E-state index contributed by atoms with van der Waals surface area (Å²) < 4.78 is 0. The number of para-hydroxylation sites is 1. The highest BCUT2D eigenvalue weighted by Gasteiger charge is 2.34. The second kappa shape index (κ2) is 6.06. The van der Waals surface area contributed by atoms with Crippen LogP contribution in [0.15, 0.2) is 24.3 Å². The van der Waals surface area contributed by atoms with Gasteiger partial charge in [0, 0.05) is 24.2 Å². The normalized spacial score (nSPS) is 23.2. The first-order chi connectivity index (χ1) is 10.2. The molecule has 1 aliphatic heterocycles. The maximum absolute atomic E-state index is 12.5. The fourth-order valence-electron chi connectivity index (χ4n) is 3.61. The highest BCUT2D eigenvalue weighted by molar-refractivity contribution is 5.88. The second-order valence-corrected chi connectivity index (χ2v) is 6.46. The Kier molecular flexibility index (Phi) is 4.15. The third-order valence-corrected chi connectivity index (χ3v) is 5.04. The van der Waals surface area contributed by atoms with Gasteiger partial charge in [-0.15, -0.1) is 0 Å². The first-order valence-corrected chi connectivity index (χ1v) is 7.95. The predicted molar refractivity (Wildman–Crippen MR) is 83.3 cm³/mol. The molecule has 0 bridgehead atoms. The summed E-state index contributed by atoms with van der Waals surface area (Å²) in [6.07, 6.45) is 5.59. The zero-order valence-electron chi connectivity index (χ0n) is 12.4. The van der Waals surface area contributed by atoms with Crippen LogP contribution in [0.5, 0.6) is 0 Å². The van der Waals surface area contributed by atoms with Gasteiger partial charge in [0.25, 0.3) is 0 Å². The number of hydrogen-bond acceptors (Lipinski definition) is 3. The quantitative estimate of drug-likeness (QED) is 0.796. The van der Waals surface area contributed by atoms with Gasteiger partial charge in [0.1, 0.15) is 0 Å². The van der Waals surface area contributed by atoms with Crippen molar-refractivity contribution in [3.63, 3.8) is 0 Å². The average molecular weight is 288 g/mol. The third kappa shape index (κ3) is 2.91. The average Bonchev–Trinajstić information content (AvgIpc) is 2.98. The summed E-state index contributed by atoms with van der Waals surface area (Å²) >= 11 is 0. The number of carbonyl (C=O) groups is 1. The Morgan fingerprint density at radius 2 is 2.05 bits per heavy atom. The van der Waals surface area contributed by atoms with E-state index in [-0.39, 0.29) is 23.8 Å². The molecule has 2 aliphatic rings. The molecule has 114 valence electrons. The summed E-state index contributed by atoms with van der Waals surface area (Å²) in [6, 6.07) is 7.98. The molecule has 1 aromatic rings. The van der Waals surface area contributed by atoms with E-state index in [4.69, 9.17) is 0 Å². The van der Waals surface area contributed by atoms with Crippen molar-refractivity contribution >= 4 is 11.6 Å². The fraction of sp³-hybridized carbons (Fsp3) is 0.588. The molecule has 21 heavy (non-hydrogen) atoms. The summed E-state index contributed by atoms with van der Waals surface area (Å²) in [5.41, 5.74) is 2.04. The van der Waals surface area contributed by atoms with Crippen LogP contribution in [-0.2, 0) is 4.79 Å². The van der Waals surface area contributed by atoms with Crippen LogP contribution in [0.1, 0.15) is 43.6 Å². The number of anilines is 1. The van der Waals surface area contributed by atoms with Gasteiger partial charge >= 0.3 is 0 Å². The number of rotatable bonds is 4. The third-order valence-electron chi connectivity index (χ3n) is 5.04. The number of benzene rings is 1. The van der Waals surface area contributed by atoms with Crippen molar-refractivity contribution < 1.29 is 9.90 Å². The van der Waals surface area contributed by atoms with Crippen LogP contribution in [-0.4, -0.2) is 30.7 Å². The Balaban J connectivity index is 1.62. The van der Waals surface area contributed by atoms with E-state index in [0.29, 0.717) is 13.1 Å². The van der Waals surface area contributed by atoms with E-state index in [1.807, 2.05) is 24.3 Å². The lowest BCUT2D eigenvalue weighted by atomic mass is 9.74. The molecule has 3 N–H and O–H groups in total. The van der Waals surface area contributed by atoms with Crippen LogP contribution in [0, 0.1) is 5.41 Å². The highest BCUT2D eigenvalue weighted by atomic mass is 16.3. The van der Waals surface area contributed by atoms with E-state index >= 15 is 0 Å². The first kappa shape index (κ1) is 14.4. The van der Waals surface area contributed by atoms with E-state index in [9.17, 15) is 9.90 Å². The Labute approximate surface area is 125 Å². The van der Waals surface area contributed by atoms with Gasteiger partial charge in [-0.1, -0.05) is 37.5 Å². The second-order valence-electron chi connectivity index (χ2n) is 6.46. The molecule has 3 rings (SSSR count). The van der Waals surface area contributed by atoms with E-state index in [0.717, 1.165) is 36.9 Å². The van der Waals surface area contributed by atoms with Crippen molar-refractivity contribution in [3.8, 4) is 0 Å². The minimum atomic E-state index is -0.111. The van der Waals surface area contributed by atoms with Gasteiger partial charge in [0.15, 0.2) is 0 Å². The molecule has 1 heterocycles. The van der Waals surface area contributed by atoms with Crippen LogP contribution in [0.2, 0.25) is 0 Å². The molecule has 4 heteroatoms. The minimum Gasteiger partial charge on any atom is -0.396 e. The lowest BCUT2D eigenvalue weighted by Crippen LogP contribution is -2.43. The maximum Gasteiger partial charge on any atom is 0.229 e. The molecule has 4 nitrogen and oxygen atoms in total. The molecule has 0 aromatic heterocycles. The molecule has 1 atom stereocenters. The zero-order chi connectivity index (χ0) is 14.7. The molecule has 1 unspecified atom stereocenters. The fourth-order valence-corrected chi connectivity index (χ4v) is 3.61. The van der Waals surface area contributed by atoms with Crippen LogP contribution >= 0.6 is 0 Å². The number of fused-ring (bicyclic) bond motifs is 1. The van der Waals surface area contributed by atoms with Crippen molar-refractivity contribution in [2.24, 2.45) is 5.41 Å². The Hall–Kier alpha value is -1.55. The van der Waals surface area contributed by atoms with Crippen LogP contribution in [0.25, 0.3) is 0 Å². The topological polar surface area (TPSA) is 61.4 Å². The van der Waals surface area contributed by atoms with E-state index in [1.54, 1.807) is 0 Å². The van der Waals surface area contributed by atoms with Crippen LogP contribution < -0.4 is 10.6 Å². The molecular formula is C17H24N2O2. The summed E-state index contributed by atoms with van der Waals surface area (Å²) in [4.78, 5) is 12.5. The SMILES string of the molecule is O=C(NCC1(CO)CCCCC1)C1CNc2ccccc21. The Morgan fingerprint density at radius 1 is 1.29 bits per heavy atom. The van der Waals surface area contributed by atoms with Gasteiger partial charge in [-0.3, -0.25) is 4.79 Å². The van der Waals surface area contributed by atoms with Crippen molar-refractivity contribution in [1.82, 2.24) is 5.32 Å². The molecule has 1 aliphatic carbocycles. The molecule has 0 spiro atoms. The van der Waals surface area contributed by atoms with E-state index in [2.05, 4.69) is 10.6 Å². The van der Waals surface area contributed by atoms with Gasteiger partial charge in [0.2, 0.25) is 5.91 Å². The van der Waals surface area contributed by atoms with Crippen molar-refractivity contribution in [3.05, 3.63) is 29.8 Å². The van der Waals surface area contributed by atoms with Crippen molar-refractivity contribution in [1.29, 1.82) is 0 Å². The van der Waals surface area contributed by atoms with Gasteiger partial charge in [-0.05, 0) is 24.5 Å². The van der Waals surface area contributed by atoms with Gasteiger partial charge < -0.3 is 15.7 Å². The van der Waals surface area contributed by atoms with Gasteiger partial charge in [-0.2, -0.15) is 0 Å². The molecule has 1 aromatic carbocycles. The summed E-state index contributed by atoms with van der Waals surface area (Å²) in [7, 11) is 0. The zero-order valence-corrected chi connectivity index (χ0v) is 12.4. The van der Waals surface area contributed by atoms with Crippen LogP contribution in [0.4, 0.5) is 5.69 Å². The summed E-state index contributed by atoms with van der Waals surface area (Å²) in [5, 5.41) is 16.1. The molecule has 1 fully saturated rings. The number of nitrogens with one attached hydrogen (secondary N) is 2.